The van der Waals surface area contributed by atoms with Crippen molar-refractivity contribution in [3.8, 4) is 0 Å². The number of guanidine groups is 1. The average Bonchev–Trinajstić information content (AvgIpc) is 3.01. The second kappa shape index (κ2) is 9.57. The molecule has 22 heavy (non-hydrogen) atoms. The summed E-state index contributed by atoms with van der Waals surface area (Å²) in [6.07, 6.45) is 2.36. The van der Waals surface area contributed by atoms with Gasteiger partial charge in [-0.15, -0.1) is 24.0 Å². The van der Waals surface area contributed by atoms with Gasteiger partial charge in [-0.2, -0.15) is 0 Å². The minimum absolute atomic E-state index is 0. The van der Waals surface area contributed by atoms with E-state index >= 15 is 0 Å². The van der Waals surface area contributed by atoms with Crippen LogP contribution in [0, 0.1) is 10.1 Å². The zero-order chi connectivity index (χ0) is 15.1. The highest BCUT2D eigenvalue weighted by Crippen LogP contribution is 2.17. The summed E-state index contributed by atoms with van der Waals surface area (Å²) < 4.78 is 5.53. The molecule has 1 unspecified atom stereocenters. The van der Waals surface area contributed by atoms with Crippen LogP contribution in [0.15, 0.2) is 29.3 Å². The SMILES string of the molecule is CN=C(NCc1ccccc1[N+](=O)[O-])NCC1CCCO1.I. The van der Waals surface area contributed by atoms with E-state index < -0.39 is 0 Å². The number of hydrogen-bond acceptors (Lipinski definition) is 4. The van der Waals surface area contributed by atoms with E-state index in [0.29, 0.717) is 24.6 Å². The van der Waals surface area contributed by atoms with Crippen LogP contribution in [0.5, 0.6) is 0 Å². The number of benzene rings is 1. The Morgan fingerprint density at radius 3 is 2.86 bits per heavy atom. The lowest BCUT2D eigenvalue weighted by atomic mass is 10.2. The van der Waals surface area contributed by atoms with E-state index in [1.165, 1.54) is 6.07 Å². The number of hydrogen-bond donors (Lipinski definition) is 2. The van der Waals surface area contributed by atoms with Crippen LogP contribution in [-0.2, 0) is 11.3 Å². The van der Waals surface area contributed by atoms with Gasteiger partial charge >= 0.3 is 0 Å². The Kier molecular flexibility index (Phi) is 8.10. The molecule has 2 rings (SSSR count). The lowest BCUT2D eigenvalue weighted by Crippen LogP contribution is -2.40. The minimum atomic E-state index is -0.375. The summed E-state index contributed by atoms with van der Waals surface area (Å²) in [7, 11) is 1.67. The monoisotopic (exact) mass is 420 g/mol. The van der Waals surface area contributed by atoms with Crippen molar-refractivity contribution in [1.29, 1.82) is 0 Å². The van der Waals surface area contributed by atoms with Gasteiger partial charge in [0.05, 0.1) is 11.0 Å². The summed E-state index contributed by atoms with van der Waals surface area (Å²) in [5.74, 6) is 0.614. The van der Waals surface area contributed by atoms with Gasteiger partial charge in [-0.25, -0.2) is 0 Å². The van der Waals surface area contributed by atoms with Crippen LogP contribution >= 0.6 is 24.0 Å². The zero-order valence-electron chi connectivity index (χ0n) is 12.4. The molecule has 0 aromatic heterocycles. The van der Waals surface area contributed by atoms with E-state index in [1.54, 1.807) is 25.2 Å². The highest BCUT2D eigenvalue weighted by atomic mass is 127. The van der Waals surface area contributed by atoms with Crippen LogP contribution in [0.4, 0.5) is 5.69 Å². The summed E-state index contributed by atoms with van der Waals surface area (Å²) in [6.45, 7) is 1.85. The van der Waals surface area contributed by atoms with Crippen molar-refractivity contribution in [3.05, 3.63) is 39.9 Å². The minimum Gasteiger partial charge on any atom is -0.376 e. The molecule has 1 fully saturated rings. The third-order valence-corrected chi connectivity index (χ3v) is 3.38. The second-order valence-corrected chi connectivity index (χ2v) is 4.83. The van der Waals surface area contributed by atoms with Crippen molar-refractivity contribution >= 4 is 35.6 Å². The normalized spacial score (nSPS) is 17.7. The number of nitrogens with one attached hydrogen (secondary N) is 2. The molecule has 122 valence electrons. The van der Waals surface area contributed by atoms with E-state index in [4.69, 9.17) is 4.74 Å². The number of rotatable bonds is 5. The topological polar surface area (TPSA) is 88.8 Å². The van der Waals surface area contributed by atoms with Crippen LogP contribution in [-0.4, -0.2) is 37.2 Å². The summed E-state index contributed by atoms with van der Waals surface area (Å²) in [5, 5.41) is 17.2. The van der Waals surface area contributed by atoms with Crippen molar-refractivity contribution in [2.24, 2.45) is 4.99 Å². The first-order chi connectivity index (χ1) is 10.2. The van der Waals surface area contributed by atoms with E-state index in [2.05, 4.69) is 15.6 Å². The molecule has 0 spiro atoms. The first kappa shape index (κ1) is 18.6. The van der Waals surface area contributed by atoms with Gasteiger partial charge in [-0.3, -0.25) is 15.1 Å². The molecule has 1 aromatic rings. The highest BCUT2D eigenvalue weighted by molar-refractivity contribution is 14.0. The van der Waals surface area contributed by atoms with Gasteiger partial charge in [-0.1, -0.05) is 18.2 Å². The Bertz CT molecular complexity index is 519. The van der Waals surface area contributed by atoms with Crippen LogP contribution in [0.3, 0.4) is 0 Å². The Balaban J connectivity index is 0.00000242. The lowest BCUT2D eigenvalue weighted by molar-refractivity contribution is -0.385. The molecule has 1 heterocycles. The molecule has 0 radical (unpaired) electrons. The molecule has 1 aromatic carbocycles. The van der Waals surface area contributed by atoms with Gasteiger partial charge in [0.25, 0.3) is 5.69 Å². The van der Waals surface area contributed by atoms with Crippen molar-refractivity contribution in [3.63, 3.8) is 0 Å². The predicted octanol–water partition coefficient (Wildman–Crippen LogP) is 2.06. The van der Waals surface area contributed by atoms with Gasteiger partial charge in [0.1, 0.15) is 0 Å². The largest absolute Gasteiger partial charge is 0.376 e. The van der Waals surface area contributed by atoms with Crippen molar-refractivity contribution in [2.45, 2.75) is 25.5 Å². The van der Waals surface area contributed by atoms with Crippen LogP contribution in [0.2, 0.25) is 0 Å². The number of nitrogens with zero attached hydrogens (tertiary/aromatic N) is 2. The zero-order valence-corrected chi connectivity index (χ0v) is 14.8. The molecule has 1 aliphatic rings. The molecule has 1 saturated heterocycles. The van der Waals surface area contributed by atoms with E-state index in [0.717, 1.165) is 19.4 Å². The van der Waals surface area contributed by atoms with E-state index in [1.807, 2.05) is 0 Å². The number of halogens is 1. The molecule has 0 amide bonds. The summed E-state index contributed by atoms with van der Waals surface area (Å²) in [4.78, 5) is 14.7. The molecule has 1 aliphatic heterocycles. The van der Waals surface area contributed by atoms with Crippen LogP contribution in [0.25, 0.3) is 0 Å². The molecule has 1 atom stereocenters. The van der Waals surface area contributed by atoms with Crippen molar-refractivity contribution in [1.82, 2.24) is 10.6 Å². The van der Waals surface area contributed by atoms with Gasteiger partial charge in [0, 0.05) is 38.4 Å². The average molecular weight is 420 g/mol. The number of para-hydroxylation sites is 1. The number of nitro groups is 1. The van der Waals surface area contributed by atoms with Crippen molar-refractivity contribution < 1.29 is 9.66 Å². The maximum Gasteiger partial charge on any atom is 0.274 e. The lowest BCUT2D eigenvalue weighted by Gasteiger charge is -2.15. The van der Waals surface area contributed by atoms with E-state index in [9.17, 15) is 10.1 Å². The maximum absolute atomic E-state index is 11.0. The van der Waals surface area contributed by atoms with Gasteiger partial charge in [0.15, 0.2) is 5.96 Å². The Morgan fingerprint density at radius 2 is 2.23 bits per heavy atom. The number of aliphatic imine (C=N–C) groups is 1. The first-order valence-electron chi connectivity index (χ1n) is 6.99. The van der Waals surface area contributed by atoms with Gasteiger partial charge in [0.2, 0.25) is 0 Å². The summed E-state index contributed by atoms with van der Waals surface area (Å²) in [6, 6.07) is 6.68. The molecule has 2 N–H and O–H groups in total. The Labute approximate surface area is 146 Å². The quantitative estimate of drug-likeness (QED) is 0.250. The molecule has 8 heteroatoms. The van der Waals surface area contributed by atoms with Gasteiger partial charge < -0.3 is 15.4 Å². The fraction of sp³-hybridized carbons (Fsp3) is 0.500. The Morgan fingerprint density at radius 1 is 1.45 bits per heavy atom. The second-order valence-electron chi connectivity index (χ2n) is 4.83. The maximum atomic E-state index is 11.0. The van der Waals surface area contributed by atoms with Gasteiger partial charge in [-0.05, 0) is 12.8 Å². The number of nitro benzene ring substituents is 1. The molecule has 0 saturated carbocycles. The summed E-state index contributed by atoms with van der Waals surface area (Å²) >= 11 is 0. The molecule has 0 aliphatic carbocycles. The Hall–Kier alpha value is -1.42. The summed E-state index contributed by atoms with van der Waals surface area (Å²) in [5.41, 5.74) is 0.738. The van der Waals surface area contributed by atoms with E-state index in [-0.39, 0.29) is 40.7 Å². The number of ether oxygens (including phenoxy) is 1. The highest BCUT2D eigenvalue weighted by Gasteiger charge is 2.16. The smallest absolute Gasteiger partial charge is 0.274 e. The van der Waals surface area contributed by atoms with Crippen molar-refractivity contribution in [2.75, 3.05) is 20.2 Å². The van der Waals surface area contributed by atoms with Crippen LogP contribution in [0.1, 0.15) is 18.4 Å². The third-order valence-electron chi connectivity index (χ3n) is 3.38. The molecule has 7 nitrogen and oxygen atoms in total. The fourth-order valence-corrected chi connectivity index (χ4v) is 2.25. The molecular formula is C14H21IN4O3. The van der Waals surface area contributed by atoms with Crippen LogP contribution < -0.4 is 10.6 Å². The standard InChI is InChI=1S/C14H20N4O3.HI/c1-15-14(17-10-12-6-4-8-21-12)16-9-11-5-2-3-7-13(11)18(19)20;/h2-3,5,7,12H,4,6,8-10H2,1H3,(H2,15,16,17);1H. The fourth-order valence-electron chi connectivity index (χ4n) is 2.25. The third kappa shape index (κ3) is 5.41. The first-order valence-corrected chi connectivity index (χ1v) is 6.99. The molecular weight excluding hydrogens is 399 g/mol. The predicted molar refractivity (Wildman–Crippen MR) is 95.7 cm³/mol. The molecule has 0 bridgehead atoms.